The van der Waals surface area contributed by atoms with E-state index in [9.17, 15) is 10.1 Å². The summed E-state index contributed by atoms with van der Waals surface area (Å²) in [7, 11) is 0. The molecule has 2 N–H and O–H groups in total. The molecule has 0 aliphatic heterocycles. The second-order valence-corrected chi connectivity index (χ2v) is 3.04. The van der Waals surface area contributed by atoms with E-state index >= 15 is 0 Å². The van der Waals surface area contributed by atoms with Crippen LogP contribution >= 0.6 is 0 Å². The molecule has 0 saturated carbocycles. The molecule has 0 amide bonds. The van der Waals surface area contributed by atoms with Crippen LogP contribution in [0.1, 0.15) is 5.69 Å². The number of hydrogen-bond donors (Lipinski definition) is 2. The number of aromatic nitrogens is 1. The summed E-state index contributed by atoms with van der Waals surface area (Å²) < 4.78 is 1.36. The highest BCUT2D eigenvalue weighted by Gasteiger charge is 2.18. The van der Waals surface area contributed by atoms with E-state index in [0.29, 0.717) is 5.69 Å². The van der Waals surface area contributed by atoms with Crippen LogP contribution in [0.5, 0.6) is 0 Å². The Morgan fingerprint density at radius 1 is 1.64 bits per heavy atom. The van der Waals surface area contributed by atoms with Gasteiger partial charge in [0.05, 0.1) is 6.61 Å². The van der Waals surface area contributed by atoms with Crippen LogP contribution in [0.25, 0.3) is 0 Å². The molecule has 0 spiro atoms. The van der Waals surface area contributed by atoms with Crippen molar-refractivity contribution >= 4 is 5.82 Å². The van der Waals surface area contributed by atoms with E-state index in [4.69, 9.17) is 10.2 Å². The third-order valence-electron chi connectivity index (χ3n) is 1.97. The average molecular weight is 200 g/mol. The van der Waals surface area contributed by atoms with Crippen LogP contribution in [0.2, 0.25) is 0 Å². The first kappa shape index (κ1) is 10.7. The second kappa shape index (κ2) is 4.21. The third kappa shape index (κ3) is 2.09. The number of aliphatic hydroxyl groups is 2. The number of hydrogen-bond acceptors (Lipinski definition) is 4. The summed E-state index contributed by atoms with van der Waals surface area (Å²) in [6, 6.07) is 2.97. The van der Waals surface area contributed by atoms with Crippen LogP contribution in [0, 0.1) is 17.0 Å². The standard InChI is InChI=1S/C8H12N2O4/c1-6-2-3-8(10(13)14)9(6)4-7(12)5-11/h2-3,7,11-12H,4-5H2,1H3/t7-/m0/s1. The van der Waals surface area contributed by atoms with Crippen LogP contribution in [0.15, 0.2) is 12.1 Å². The van der Waals surface area contributed by atoms with E-state index < -0.39 is 17.6 Å². The Hall–Kier alpha value is -1.40. The van der Waals surface area contributed by atoms with Crippen LogP contribution in [0.3, 0.4) is 0 Å². The first-order chi connectivity index (χ1) is 6.56. The second-order valence-electron chi connectivity index (χ2n) is 3.04. The van der Waals surface area contributed by atoms with Crippen molar-refractivity contribution in [2.75, 3.05) is 6.61 Å². The lowest BCUT2D eigenvalue weighted by molar-refractivity contribution is -0.392. The van der Waals surface area contributed by atoms with Crippen LogP contribution in [-0.4, -0.2) is 32.4 Å². The first-order valence-corrected chi connectivity index (χ1v) is 4.15. The summed E-state index contributed by atoms with van der Waals surface area (Å²) >= 11 is 0. The molecule has 6 nitrogen and oxygen atoms in total. The monoisotopic (exact) mass is 200 g/mol. The van der Waals surface area contributed by atoms with E-state index in [-0.39, 0.29) is 12.4 Å². The topological polar surface area (TPSA) is 88.5 Å². The SMILES string of the molecule is Cc1ccc([N+](=O)[O-])n1C[C@H](O)CO. The quantitative estimate of drug-likeness (QED) is 0.531. The fourth-order valence-corrected chi connectivity index (χ4v) is 1.22. The van der Waals surface area contributed by atoms with Crippen LogP contribution < -0.4 is 0 Å². The molecule has 0 aliphatic rings. The highest BCUT2D eigenvalue weighted by Crippen LogP contribution is 2.16. The van der Waals surface area contributed by atoms with Crippen molar-refractivity contribution in [3.63, 3.8) is 0 Å². The molecule has 0 saturated heterocycles. The van der Waals surface area contributed by atoms with Gasteiger partial charge in [0, 0.05) is 6.07 Å². The Balaban J connectivity index is 2.93. The van der Waals surface area contributed by atoms with Crippen molar-refractivity contribution in [1.82, 2.24) is 4.57 Å². The minimum atomic E-state index is -0.972. The van der Waals surface area contributed by atoms with Gasteiger partial charge in [0.25, 0.3) is 0 Å². The maximum atomic E-state index is 10.5. The highest BCUT2D eigenvalue weighted by atomic mass is 16.6. The number of rotatable bonds is 4. The molecular formula is C8H12N2O4. The average Bonchev–Trinajstić information content (AvgIpc) is 2.48. The van der Waals surface area contributed by atoms with Gasteiger partial charge in [-0.05, 0) is 17.9 Å². The lowest BCUT2D eigenvalue weighted by Crippen LogP contribution is -2.21. The smallest absolute Gasteiger partial charge is 0.323 e. The molecule has 6 heteroatoms. The van der Waals surface area contributed by atoms with Gasteiger partial charge >= 0.3 is 5.82 Å². The van der Waals surface area contributed by atoms with Gasteiger partial charge < -0.3 is 20.3 Å². The lowest BCUT2D eigenvalue weighted by Gasteiger charge is -2.07. The summed E-state index contributed by atoms with van der Waals surface area (Å²) in [4.78, 5) is 10.0. The minimum Gasteiger partial charge on any atom is -0.394 e. The van der Waals surface area contributed by atoms with Gasteiger partial charge in [0.15, 0.2) is 0 Å². The summed E-state index contributed by atoms with van der Waals surface area (Å²) in [6.07, 6.45) is -0.972. The third-order valence-corrected chi connectivity index (χ3v) is 1.97. The maximum Gasteiger partial charge on any atom is 0.323 e. The normalized spacial score (nSPS) is 12.8. The number of nitrogens with zero attached hydrogens (tertiary/aromatic N) is 2. The predicted molar refractivity (Wildman–Crippen MR) is 48.9 cm³/mol. The van der Waals surface area contributed by atoms with Crippen molar-refractivity contribution in [3.8, 4) is 0 Å². The van der Waals surface area contributed by atoms with E-state index in [1.54, 1.807) is 13.0 Å². The Labute approximate surface area is 80.6 Å². The van der Waals surface area contributed by atoms with Gasteiger partial charge in [0.1, 0.15) is 18.3 Å². The van der Waals surface area contributed by atoms with Crippen molar-refractivity contribution in [1.29, 1.82) is 0 Å². The fraction of sp³-hybridized carbons (Fsp3) is 0.500. The van der Waals surface area contributed by atoms with Crippen LogP contribution in [0.4, 0.5) is 5.82 Å². The van der Waals surface area contributed by atoms with E-state index in [1.807, 2.05) is 0 Å². The molecule has 0 bridgehead atoms. The fourth-order valence-electron chi connectivity index (χ4n) is 1.22. The molecule has 1 aromatic rings. The van der Waals surface area contributed by atoms with Gasteiger partial charge in [0.2, 0.25) is 0 Å². The molecule has 0 fully saturated rings. The number of aliphatic hydroxyl groups excluding tert-OH is 2. The zero-order valence-electron chi connectivity index (χ0n) is 7.75. The number of aryl methyl sites for hydroxylation is 1. The summed E-state index contributed by atoms with van der Waals surface area (Å²) in [5.74, 6) is -0.0741. The molecule has 14 heavy (non-hydrogen) atoms. The van der Waals surface area contributed by atoms with E-state index in [2.05, 4.69) is 0 Å². The molecule has 1 rings (SSSR count). The summed E-state index contributed by atoms with van der Waals surface area (Å²) in [6.45, 7) is 1.33. The van der Waals surface area contributed by atoms with Gasteiger partial charge in [-0.15, -0.1) is 0 Å². The first-order valence-electron chi connectivity index (χ1n) is 4.15. The molecule has 0 aliphatic carbocycles. The Morgan fingerprint density at radius 2 is 2.29 bits per heavy atom. The maximum absolute atomic E-state index is 10.5. The number of nitro groups is 1. The molecular weight excluding hydrogens is 188 g/mol. The zero-order valence-corrected chi connectivity index (χ0v) is 7.75. The van der Waals surface area contributed by atoms with Crippen molar-refractivity contribution in [2.45, 2.75) is 19.6 Å². The molecule has 0 unspecified atom stereocenters. The minimum absolute atomic E-state index is 0.0334. The Kier molecular flexibility index (Phi) is 3.21. The molecule has 1 aromatic heterocycles. The molecule has 1 atom stereocenters. The lowest BCUT2D eigenvalue weighted by atomic mass is 10.3. The highest BCUT2D eigenvalue weighted by molar-refractivity contribution is 5.26. The van der Waals surface area contributed by atoms with Crippen molar-refractivity contribution in [3.05, 3.63) is 27.9 Å². The van der Waals surface area contributed by atoms with E-state index in [1.165, 1.54) is 10.6 Å². The van der Waals surface area contributed by atoms with Gasteiger partial charge in [-0.3, -0.25) is 0 Å². The van der Waals surface area contributed by atoms with Gasteiger partial charge in [-0.2, -0.15) is 0 Å². The molecule has 0 aromatic carbocycles. The molecule has 1 heterocycles. The Morgan fingerprint density at radius 3 is 2.79 bits per heavy atom. The van der Waals surface area contributed by atoms with Crippen LogP contribution in [-0.2, 0) is 6.54 Å². The predicted octanol–water partition coefficient (Wildman–Crippen LogP) is 0.0579. The Bertz CT molecular complexity index is 334. The van der Waals surface area contributed by atoms with Crippen molar-refractivity contribution < 1.29 is 15.1 Å². The summed E-state index contributed by atoms with van der Waals surface area (Å²) in [5.41, 5.74) is 0.684. The summed E-state index contributed by atoms with van der Waals surface area (Å²) in [5, 5.41) is 28.3. The molecule has 0 radical (unpaired) electrons. The van der Waals surface area contributed by atoms with Crippen molar-refractivity contribution in [2.24, 2.45) is 0 Å². The van der Waals surface area contributed by atoms with E-state index in [0.717, 1.165) is 0 Å². The largest absolute Gasteiger partial charge is 0.394 e. The van der Waals surface area contributed by atoms with Gasteiger partial charge in [-0.25, -0.2) is 4.57 Å². The molecule has 78 valence electrons. The van der Waals surface area contributed by atoms with Gasteiger partial charge in [-0.1, -0.05) is 0 Å². The zero-order chi connectivity index (χ0) is 10.7.